The van der Waals surface area contributed by atoms with Gasteiger partial charge in [-0.2, -0.15) is 26.3 Å². The van der Waals surface area contributed by atoms with Crippen LogP contribution in [0.15, 0.2) is 36.4 Å². The first-order valence-electron chi connectivity index (χ1n) is 10.3. The first-order valence-corrected chi connectivity index (χ1v) is 13.5. The van der Waals surface area contributed by atoms with Gasteiger partial charge < -0.3 is 19.3 Å². The van der Waals surface area contributed by atoms with Gasteiger partial charge in [-0.05, 0) is 60.1 Å². The van der Waals surface area contributed by atoms with Crippen molar-refractivity contribution in [3.63, 3.8) is 0 Å². The predicted molar refractivity (Wildman–Crippen MR) is 115 cm³/mol. The van der Waals surface area contributed by atoms with Crippen molar-refractivity contribution in [3.05, 3.63) is 58.7 Å². The number of alkyl halides is 6. The molecule has 2 aromatic carbocycles. The molecule has 0 bridgehead atoms. The molecule has 0 aliphatic carbocycles. The van der Waals surface area contributed by atoms with Crippen molar-refractivity contribution < 1.29 is 122 Å². The van der Waals surface area contributed by atoms with E-state index in [2.05, 4.69) is 0 Å². The largest absolute Gasteiger partial charge is 1.00 e. The number of phenols is 2. The molecule has 0 spiro atoms. The average Bonchev–Trinajstić information content (AvgIpc) is 2.68. The van der Waals surface area contributed by atoms with Gasteiger partial charge in [-0.1, -0.05) is 24.3 Å². The van der Waals surface area contributed by atoms with Gasteiger partial charge in [0.2, 0.25) is 5.41 Å². The van der Waals surface area contributed by atoms with Crippen molar-refractivity contribution in [3.8, 4) is 11.5 Å². The summed E-state index contributed by atoms with van der Waals surface area (Å²) in [4.78, 5) is 0. The quantitative estimate of drug-likeness (QED) is 0.167. The molecule has 2 N–H and O–H groups in total. The van der Waals surface area contributed by atoms with E-state index in [1.807, 2.05) is 0 Å². The molecular formula is C21H20F6Na2O8S2. The Morgan fingerprint density at radius 2 is 0.949 bits per heavy atom. The topological polar surface area (TPSA) is 155 Å². The fourth-order valence-corrected chi connectivity index (χ4v) is 4.89. The average molecular weight is 624 g/mol. The Labute approximate surface area is 264 Å². The minimum Gasteiger partial charge on any atom is -0.748 e. The fraction of sp³-hybridized carbons (Fsp3) is 0.429. The fourth-order valence-electron chi connectivity index (χ4n) is 3.90. The Kier molecular flexibility index (Phi) is 13.9. The molecule has 0 saturated heterocycles. The van der Waals surface area contributed by atoms with Crippen molar-refractivity contribution in [2.45, 2.75) is 43.5 Å². The number of hydrogen-bond donors (Lipinski definition) is 2. The normalized spacial score (nSPS) is 12.9. The van der Waals surface area contributed by atoms with Crippen LogP contribution in [0.5, 0.6) is 11.5 Å². The maximum absolute atomic E-state index is 14.4. The molecule has 2 rings (SSSR count). The van der Waals surface area contributed by atoms with Crippen LogP contribution in [0.3, 0.4) is 0 Å². The molecule has 8 nitrogen and oxygen atoms in total. The van der Waals surface area contributed by atoms with Gasteiger partial charge in [0, 0.05) is 11.5 Å². The van der Waals surface area contributed by atoms with Gasteiger partial charge in [0.15, 0.2) is 0 Å². The molecule has 0 aliphatic rings. The number of benzene rings is 2. The molecule has 0 heterocycles. The second-order valence-electron chi connectivity index (χ2n) is 8.16. The van der Waals surface area contributed by atoms with Crippen molar-refractivity contribution in [1.29, 1.82) is 0 Å². The van der Waals surface area contributed by atoms with Gasteiger partial charge in [-0.3, -0.25) is 0 Å². The Hall–Kier alpha value is -0.560. The van der Waals surface area contributed by atoms with Crippen molar-refractivity contribution in [1.82, 2.24) is 0 Å². The number of rotatable bonds is 10. The number of aromatic hydroxyl groups is 2. The molecule has 39 heavy (non-hydrogen) atoms. The van der Waals surface area contributed by atoms with Crippen LogP contribution < -0.4 is 59.1 Å². The SMILES string of the molecule is O=S(=O)([O-])CCCc1cc(C(c2ccc(O)c(CCCS(=O)(=O)[O-])c2)(C(F)(F)F)C(F)(F)F)ccc1O.[Na+].[Na+]. The zero-order valence-corrected chi connectivity index (χ0v) is 26.3. The van der Waals surface area contributed by atoms with Crippen LogP contribution in [0.4, 0.5) is 26.3 Å². The standard InChI is InChI=1S/C21H22F6O8S2.2Na/c22-20(23,24)19(21(25,26)27,15-5-7-17(28)13(11-15)3-1-9-36(30,31)32)16-6-8-18(29)14(12-16)4-2-10-37(33,34)35;;/h5-8,11-12,28-29H,1-4,9-10H2,(H,30,31,32)(H,33,34,35);;/q;2*+1/p-2. The second kappa shape index (κ2) is 14.1. The Morgan fingerprint density at radius 1 is 0.641 bits per heavy atom. The minimum atomic E-state index is -6.04. The van der Waals surface area contributed by atoms with E-state index < -0.39 is 109 Å². The van der Waals surface area contributed by atoms with E-state index in [1.54, 1.807) is 0 Å². The molecule has 0 aromatic heterocycles. The van der Waals surface area contributed by atoms with Gasteiger partial charge in [0.05, 0.1) is 20.2 Å². The molecule has 2 aromatic rings. The van der Waals surface area contributed by atoms with E-state index in [1.165, 1.54) is 0 Å². The van der Waals surface area contributed by atoms with Gasteiger partial charge in [-0.15, -0.1) is 0 Å². The van der Waals surface area contributed by atoms with Crippen molar-refractivity contribution in [2.75, 3.05) is 11.5 Å². The molecule has 0 fully saturated rings. The van der Waals surface area contributed by atoms with E-state index in [4.69, 9.17) is 0 Å². The maximum atomic E-state index is 14.4. The number of halogens is 6. The predicted octanol–water partition coefficient (Wildman–Crippen LogP) is -2.53. The molecule has 0 aliphatic heterocycles. The number of hydrogen-bond acceptors (Lipinski definition) is 8. The summed E-state index contributed by atoms with van der Waals surface area (Å²) in [6.07, 6.45) is -14.1. The zero-order valence-electron chi connectivity index (χ0n) is 20.6. The van der Waals surface area contributed by atoms with Crippen LogP contribution in [-0.2, 0) is 38.5 Å². The van der Waals surface area contributed by atoms with Gasteiger partial charge >= 0.3 is 71.5 Å². The summed E-state index contributed by atoms with van der Waals surface area (Å²) < 4.78 is 151. The van der Waals surface area contributed by atoms with Crippen molar-refractivity contribution >= 4 is 20.2 Å². The van der Waals surface area contributed by atoms with Crippen LogP contribution in [0.1, 0.15) is 35.1 Å². The van der Waals surface area contributed by atoms with Crippen LogP contribution in [0.25, 0.3) is 0 Å². The van der Waals surface area contributed by atoms with E-state index in [-0.39, 0.29) is 59.1 Å². The summed E-state index contributed by atoms with van der Waals surface area (Å²) in [6.45, 7) is 0. The third-order valence-corrected chi connectivity index (χ3v) is 7.13. The van der Waals surface area contributed by atoms with Crippen LogP contribution in [0.2, 0.25) is 0 Å². The first-order chi connectivity index (χ1) is 16.7. The van der Waals surface area contributed by atoms with E-state index in [0.717, 1.165) is 0 Å². The Bertz CT molecular complexity index is 1240. The Morgan fingerprint density at radius 3 is 1.21 bits per heavy atom. The molecule has 208 valence electrons. The zero-order chi connectivity index (χ0) is 28.4. The van der Waals surface area contributed by atoms with E-state index in [9.17, 15) is 62.5 Å². The first kappa shape index (κ1) is 38.4. The molecule has 0 saturated carbocycles. The summed E-state index contributed by atoms with van der Waals surface area (Å²) in [5.74, 6) is -3.40. The summed E-state index contributed by atoms with van der Waals surface area (Å²) in [5, 5.41) is 19.9. The third-order valence-electron chi connectivity index (χ3n) is 5.56. The van der Waals surface area contributed by atoms with Gasteiger partial charge in [0.25, 0.3) is 0 Å². The molecule has 0 radical (unpaired) electrons. The second-order valence-corrected chi connectivity index (χ2v) is 11.2. The third kappa shape index (κ3) is 9.75. The van der Waals surface area contributed by atoms with Crippen LogP contribution in [-0.4, -0.2) is 60.0 Å². The molecule has 18 heteroatoms. The Balaban J connectivity index is 0.00000722. The van der Waals surface area contributed by atoms with Crippen LogP contribution >= 0.6 is 0 Å². The van der Waals surface area contributed by atoms with E-state index in [0.29, 0.717) is 36.4 Å². The maximum Gasteiger partial charge on any atom is 1.00 e. The van der Waals surface area contributed by atoms with Crippen LogP contribution in [0, 0.1) is 0 Å². The summed E-state index contributed by atoms with van der Waals surface area (Å²) >= 11 is 0. The summed E-state index contributed by atoms with van der Waals surface area (Å²) in [7, 11) is -9.47. The molecule has 0 amide bonds. The smallest absolute Gasteiger partial charge is 0.748 e. The van der Waals surface area contributed by atoms with Gasteiger partial charge in [-0.25, -0.2) is 16.8 Å². The number of aryl methyl sites for hydroxylation is 2. The molecular weight excluding hydrogens is 604 g/mol. The van der Waals surface area contributed by atoms with Crippen molar-refractivity contribution in [2.24, 2.45) is 0 Å². The minimum absolute atomic E-state index is 0. The molecule has 0 atom stereocenters. The monoisotopic (exact) mass is 624 g/mol. The summed E-state index contributed by atoms with van der Waals surface area (Å²) in [5.41, 5.74) is -8.41. The van der Waals surface area contributed by atoms with Gasteiger partial charge in [0.1, 0.15) is 11.5 Å². The molecule has 0 unspecified atom stereocenters. The van der Waals surface area contributed by atoms with E-state index >= 15 is 0 Å². The number of phenolic OH excluding ortho intramolecular Hbond substituents is 2. The summed E-state index contributed by atoms with van der Waals surface area (Å²) in [6, 6.07) is 2.74.